The molecule has 11 heavy (non-hydrogen) atoms. The summed E-state index contributed by atoms with van der Waals surface area (Å²) in [4.78, 5) is 0. The van der Waals surface area contributed by atoms with Crippen LogP contribution in [-0.2, 0) is 13.6 Å². The van der Waals surface area contributed by atoms with Crippen molar-refractivity contribution in [1.29, 1.82) is 0 Å². The molecule has 0 radical (unpaired) electrons. The third-order valence-electron chi connectivity index (χ3n) is 1.60. The molecule has 0 atom stereocenters. The van der Waals surface area contributed by atoms with E-state index in [0.717, 1.165) is 5.69 Å². The molecule has 0 bridgehead atoms. The van der Waals surface area contributed by atoms with Gasteiger partial charge >= 0.3 is 0 Å². The molecule has 2 N–H and O–H groups in total. The number of halogens is 1. The average Bonchev–Trinajstić information content (AvgIpc) is 1.88. The highest BCUT2D eigenvalue weighted by Crippen LogP contribution is 1.93. The summed E-state index contributed by atoms with van der Waals surface area (Å²) in [5, 5.41) is 0. The number of rotatable bonds is 1. The fourth-order valence-electron chi connectivity index (χ4n) is 0.989. The molecule has 1 rings (SSSR count). The van der Waals surface area contributed by atoms with Gasteiger partial charge in [0.1, 0.15) is 7.05 Å². The monoisotopic (exact) mass is 173 g/mol. The van der Waals surface area contributed by atoms with E-state index in [1.165, 1.54) is 5.56 Å². The second-order valence-electron chi connectivity index (χ2n) is 2.51. The molecule has 0 saturated carbocycles. The van der Waals surface area contributed by atoms with Crippen LogP contribution in [0.3, 0.4) is 0 Å². The minimum Gasteiger partial charge on any atom is -0.322 e. The Labute approximate surface area is 73.4 Å². The smallest absolute Gasteiger partial charge is 0.194 e. The molecular formula is C8H14ClN2+. The second kappa shape index (κ2) is 4.31. The number of hydrogen-bond donors (Lipinski definition) is 1. The molecule has 2 nitrogen and oxygen atoms in total. The van der Waals surface area contributed by atoms with Crippen LogP contribution in [0.2, 0.25) is 0 Å². The zero-order valence-electron chi connectivity index (χ0n) is 6.87. The molecule has 0 unspecified atom stereocenters. The first-order valence-electron chi connectivity index (χ1n) is 3.39. The maximum atomic E-state index is 5.48. The molecule has 0 fully saturated rings. The summed E-state index contributed by atoms with van der Waals surface area (Å²) in [5.41, 5.74) is 7.90. The molecule has 0 aliphatic carbocycles. The highest BCUT2D eigenvalue weighted by molar-refractivity contribution is 5.85. The number of pyridine rings is 1. The van der Waals surface area contributed by atoms with Gasteiger partial charge in [-0.15, -0.1) is 12.4 Å². The van der Waals surface area contributed by atoms with Crippen LogP contribution in [0.1, 0.15) is 11.3 Å². The van der Waals surface area contributed by atoms with Gasteiger partial charge in [-0.1, -0.05) is 0 Å². The van der Waals surface area contributed by atoms with E-state index in [1.54, 1.807) is 0 Å². The SMILES string of the molecule is Cc1ccc(CN)[n+](C)c1.Cl. The Hall–Kier alpha value is -0.600. The Balaban J connectivity index is 0.000001000. The van der Waals surface area contributed by atoms with E-state index in [9.17, 15) is 0 Å². The van der Waals surface area contributed by atoms with Gasteiger partial charge in [0.15, 0.2) is 11.9 Å². The van der Waals surface area contributed by atoms with Gasteiger partial charge in [0.25, 0.3) is 0 Å². The van der Waals surface area contributed by atoms with Gasteiger partial charge in [-0.2, -0.15) is 0 Å². The van der Waals surface area contributed by atoms with E-state index in [4.69, 9.17) is 5.73 Å². The Bertz CT molecular complexity index is 236. The van der Waals surface area contributed by atoms with E-state index in [1.807, 2.05) is 7.05 Å². The number of nitrogens with two attached hydrogens (primary N) is 1. The Morgan fingerprint density at radius 1 is 1.45 bits per heavy atom. The lowest BCUT2D eigenvalue weighted by Crippen LogP contribution is -2.34. The predicted molar refractivity (Wildman–Crippen MR) is 47.5 cm³/mol. The van der Waals surface area contributed by atoms with Gasteiger partial charge < -0.3 is 5.73 Å². The van der Waals surface area contributed by atoms with Crippen molar-refractivity contribution in [3.05, 3.63) is 29.6 Å². The quantitative estimate of drug-likeness (QED) is 0.623. The van der Waals surface area contributed by atoms with Crippen LogP contribution in [0.25, 0.3) is 0 Å². The minimum absolute atomic E-state index is 0. The summed E-state index contributed by atoms with van der Waals surface area (Å²) >= 11 is 0. The van der Waals surface area contributed by atoms with Crippen LogP contribution in [-0.4, -0.2) is 0 Å². The summed E-state index contributed by atoms with van der Waals surface area (Å²) in [6, 6.07) is 4.12. The largest absolute Gasteiger partial charge is 0.322 e. The van der Waals surface area contributed by atoms with Crippen molar-refractivity contribution in [3.63, 3.8) is 0 Å². The minimum atomic E-state index is 0. The normalized spacial score (nSPS) is 9.00. The van der Waals surface area contributed by atoms with Crippen LogP contribution >= 0.6 is 12.4 Å². The van der Waals surface area contributed by atoms with Gasteiger partial charge in [0, 0.05) is 11.6 Å². The van der Waals surface area contributed by atoms with Crippen LogP contribution in [0.5, 0.6) is 0 Å². The third-order valence-corrected chi connectivity index (χ3v) is 1.60. The molecule has 1 aromatic heterocycles. The average molecular weight is 174 g/mol. The maximum Gasteiger partial charge on any atom is 0.194 e. The number of nitrogens with zero attached hydrogens (tertiary/aromatic N) is 1. The van der Waals surface area contributed by atoms with Gasteiger partial charge in [0.05, 0.1) is 6.54 Å². The van der Waals surface area contributed by atoms with E-state index in [-0.39, 0.29) is 12.4 Å². The summed E-state index contributed by atoms with van der Waals surface area (Å²) < 4.78 is 2.05. The molecule has 0 saturated heterocycles. The van der Waals surface area contributed by atoms with Crippen molar-refractivity contribution < 1.29 is 4.57 Å². The molecule has 1 aromatic rings. The van der Waals surface area contributed by atoms with Crippen LogP contribution < -0.4 is 10.3 Å². The van der Waals surface area contributed by atoms with Crippen molar-refractivity contribution in [1.82, 2.24) is 0 Å². The molecule has 0 aromatic carbocycles. The fourth-order valence-corrected chi connectivity index (χ4v) is 0.989. The van der Waals surface area contributed by atoms with Crippen molar-refractivity contribution >= 4 is 12.4 Å². The molecule has 62 valence electrons. The van der Waals surface area contributed by atoms with Crippen LogP contribution in [0, 0.1) is 6.92 Å². The number of aromatic nitrogens is 1. The van der Waals surface area contributed by atoms with Gasteiger partial charge in [-0.25, -0.2) is 4.57 Å². The van der Waals surface area contributed by atoms with Gasteiger partial charge in [-0.3, -0.25) is 0 Å². The fraction of sp³-hybridized carbons (Fsp3) is 0.375. The molecule has 1 heterocycles. The summed E-state index contributed by atoms with van der Waals surface area (Å²) in [7, 11) is 2.01. The topological polar surface area (TPSA) is 29.9 Å². The summed E-state index contributed by atoms with van der Waals surface area (Å²) in [6.07, 6.45) is 2.07. The maximum absolute atomic E-state index is 5.48. The zero-order valence-corrected chi connectivity index (χ0v) is 7.69. The third kappa shape index (κ3) is 2.48. The molecule has 3 heteroatoms. The van der Waals surface area contributed by atoms with E-state index >= 15 is 0 Å². The molecule has 0 spiro atoms. The van der Waals surface area contributed by atoms with Crippen molar-refractivity contribution in [2.24, 2.45) is 12.8 Å². The lowest BCUT2D eigenvalue weighted by molar-refractivity contribution is -0.679. The lowest BCUT2D eigenvalue weighted by atomic mass is 10.2. The predicted octanol–water partition coefficient (Wildman–Crippen LogP) is 0.700. The van der Waals surface area contributed by atoms with Gasteiger partial charge in [-0.05, 0) is 13.0 Å². The lowest BCUT2D eigenvalue weighted by Gasteiger charge is -1.95. The summed E-state index contributed by atoms with van der Waals surface area (Å²) in [5.74, 6) is 0. The molecule has 0 aliphatic heterocycles. The Kier molecular flexibility index (Phi) is 4.08. The van der Waals surface area contributed by atoms with Crippen molar-refractivity contribution in [3.8, 4) is 0 Å². The standard InChI is InChI=1S/C8H13N2.ClH/c1-7-3-4-8(5-9)10(2)6-7;/h3-4,6H,5,9H2,1-2H3;1H/q+1;. The van der Waals surface area contributed by atoms with E-state index in [2.05, 4.69) is 29.8 Å². The number of hydrogen-bond acceptors (Lipinski definition) is 1. The highest BCUT2D eigenvalue weighted by atomic mass is 35.5. The molecule has 0 aliphatic rings. The van der Waals surface area contributed by atoms with Crippen molar-refractivity contribution in [2.75, 3.05) is 0 Å². The molecular weight excluding hydrogens is 160 g/mol. The second-order valence-corrected chi connectivity index (χ2v) is 2.51. The Morgan fingerprint density at radius 3 is 2.55 bits per heavy atom. The van der Waals surface area contributed by atoms with Gasteiger partial charge in [0.2, 0.25) is 0 Å². The first-order valence-corrected chi connectivity index (χ1v) is 3.39. The van der Waals surface area contributed by atoms with E-state index < -0.39 is 0 Å². The van der Waals surface area contributed by atoms with E-state index in [0.29, 0.717) is 6.54 Å². The highest BCUT2D eigenvalue weighted by Gasteiger charge is 2.01. The zero-order chi connectivity index (χ0) is 7.56. The Morgan fingerprint density at radius 2 is 2.09 bits per heavy atom. The summed E-state index contributed by atoms with van der Waals surface area (Å²) in [6.45, 7) is 2.68. The first-order chi connectivity index (χ1) is 4.74. The first kappa shape index (κ1) is 10.4. The van der Waals surface area contributed by atoms with Crippen LogP contribution in [0.4, 0.5) is 0 Å². The van der Waals surface area contributed by atoms with Crippen LogP contribution in [0.15, 0.2) is 18.3 Å². The van der Waals surface area contributed by atoms with Crippen molar-refractivity contribution in [2.45, 2.75) is 13.5 Å². The number of aryl methyl sites for hydroxylation is 2. The molecule has 0 amide bonds.